The molecular weight excluding hydrogens is 242 g/mol. The van der Waals surface area contributed by atoms with Gasteiger partial charge in [0.25, 0.3) is 0 Å². The molecule has 1 atom stereocenters. The lowest BCUT2D eigenvalue weighted by Crippen LogP contribution is -2.32. The molecule has 1 unspecified atom stereocenters. The Morgan fingerprint density at radius 3 is 2.94 bits per heavy atom. The van der Waals surface area contributed by atoms with Crippen LogP contribution in [0.25, 0.3) is 0 Å². The molecule has 1 N–H and O–H groups in total. The maximum atomic E-state index is 9.25. The van der Waals surface area contributed by atoms with Crippen LogP contribution in [0.2, 0.25) is 0 Å². The Hall–Kier alpha value is -0.510. The molecule has 0 heterocycles. The van der Waals surface area contributed by atoms with Crippen LogP contribution >= 0.6 is 11.8 Å². The van der Waals surface area contributed by atoms with Gasteiger partial charge in [0, 0.05) is 24.9 Å². The second-order valence-electron chi connectivity index (χ2n) is 4.71. The van der Waals surface area contributed by atoms with Crippen LogP contribution in [0.3, 0.4) is 0 Å². The van der Waals surface area contributed by atoms with Gasteiger partial charge in [-0.05, 0) is 29.7 Å². The third kappa shape index (κ3) is 3.28. The number of aliphatic hydroxyl groups is 1. The monoisotopic (exact) mass is 265 g/mol. The minimum absolute atomic E-state index is 0.259. The Bertz CT molecular complexity index is 369. The van der Waals surface area contributed by atoms with Gasteiger partial charge in [0.1, 0.15) is 0 Å². The standard InChI is InChI=1S/C15H23NOS/c1-2-18-12-10-16(9-11-17)15-8-7-13-5-3-4-6-14(13)15/h3-6,15,17H,2,7-12H2,1H3. The molecule has 0 amide bonds. The average molecular weight is 265 g/mol. The lowest BCUT2D eigenvalue weighted by atomic mass is 10.1. The van der Waals surface area contributed by atoms with Crippen molar-refractivity contribution in [3.05, 3.63) is 35.4 Å². The molecule has 0 bridgehead atoms. The van der Waals surface area contributed by atoms with Crippen LogP contribution in [0.15, 0.2) is 24.3 Å². The van der Waals surface area contributed by atoms with E-state index >= 15 is 0 Å². The second kappa shape index (κ2) is 7.17. The van der Waals surface area contributed by atoms with Crippen molar-refractivity contribution >= 4 is 11.8 Å². The van der Waals surface area contributed by atoms with Gasteiger partial charge in [-0.3, -0.25) is 4.90 Å². The third-order valence-corrected chi connectivity index (χ3v) is 4.54. The number of nitrogens with zero attached hydrogens (tertiary/aromatic N) is 1. The zero-order valence-electron chi connectivity index (χ0n) is 11.1. The molecule has 0 fully saturated rings. The van der Waals surface area contributed by atoms with Crippen molar-refractivity contribution in [3.8, 4) is 0 Å². The smallest absolute Gasteiger partial charge is 0.0558 e. The Balaban J connectivity index is 2.03. The summed E-state index contributed by atoms with van der Waals surface area (Å²) < 4.78 is 0. The molecule has 100 valence electrons. The van der Waals surface area contributed by atoms with Crippen molar-refractivity contribution in [1.29, 1.82) is 0 Å². The fourth-order valence-corrected chi connectivity index (χ4v) is 3.44. The number of hydrogen-bond acceptors (Lipinski definition) is 3. The number of fused-ring (bicyclic) bond motifs is 1. The van der Waals surface area contributed by atoms with E-state index in [4.69, 9.17) is 0 Å². The Morgan fingerprint density at radius 1 is 1.33 bits per heavy atom. The highest BCUT2D eigenvalue weighted by Crippen LogP contribution is 2.35. The van der Waals surface area contributed by atoms with E-state index in [0.717, 1.165) is 18.8 Å². The largest absolute Gasteiger partial charge is 0.395 e. The van der Waals surface area contributed by atoms with Crippen molar-refractivity contribution in [3.63, 3.8) is 0 Å². The van der Waals surface area contributed by atoms with Gasteiger partial charge in [0.2, 0.25) is 0 Å². The van der Waals surface area contributed by atoms with Crippen molar-refractivity contribution < 1.29 is 5.11 Å². The van der Waals surface area contributed by atoms with Crippen LogP contribution in [0.5, 0.6) is 0 Å². The molecule has 2 nitrogen and oxygen atoms in total. The highest BCUT2D eigenvalue weighted by atomic mass is 32.2. The van der Waals surface area contributed by atoms with E-state index in [-0.39, 0.29) is 6.61 Å². The van der Waals surface area contributed by atoms with Crippen LogP contribution < -0.4 is 0 Å². The molecule has 0 saturated carbocycles. The highest BCUT2D eigenvalue weighted by molar-refractivity contribution is 7.99. The number of thioether (sulfide) groups is 1. The molecule has 1 aromatic carbocycles. The highest BCUT2D eigenvalue weighted by Gasteiger charge is 2.26. The minimum atomic E-state index is 0.259. The van der Waals surface area contributed by atoms with Gasteiger partial charge in [-0.2, -0.15) is 11.8 Å². The van der Waals surface area contributed by atoms with Gasteiger partial charge >= 0.3 is 0 Å². The van der Waals surface area contributed by atoms with E-state index in [2.05, 4.69) is 36.1 Å². The van der Waals surface area contributed by atoms with E-state index in [1.54, 1.807) is 0 Å². The zero-order valence-corrected chi connectivity index (χ0v) is 12.0. The molecule has 2 rings (SSSR count). The fourth-order valence-electron chi connectivity index (χ4n) is 2.79. The van der Waals surface area contributed by atoms with Gasteiger partial charge in [-0.1, -0.05) is 31.2 Å². The summed E-state index contributed by atoms with van der Waals surface area (Å²) in [7, 11) is 0. The topological polar surface area (TPSA) is 23.5 Å². The number of hydrogen-bond donors (Lipinski definition) is 1. The molecule has 0 saturated heterocycles. The Morgan fingerprint density at radius 2 is 2.17 bits per heavy atom. The fraction of sp³-hybridized carbons (Fsp3) is 0.600. The maximum absolute atomic E-state index is 9.25. The first kappa shape index (κ1) is 13.9. The second-order valence-corrected chi connectivity index (χ2v) is 6.10. The van der Waals surface area contributed by atoms with Crippen molar-refractivity contribution in [1.82, 2.24) is 4.90 Å². The molecule has 0 aromatic heterocycles. The SMILES string of the molecule is CCSCCN(CCO)C1CCc2ccccc21. The molecule has 0 spiro atoms. The van der Waals surface area contributed by atoms with Crippen molar-refractivity contribution in [2.75, 3.05) is 31.2 Å². The number of benzene rings is 1. The summed E-state index contributed by atoms with van der Waals surface area (Å²) in [6, 6.07) is 9.28. The van der Waals surface area contributed by atoms with Gasteiger partial charge in [-0.25, -0.2) is 0 Å². The first-order valence-electron chi connectivity index (χ1n) is 6.87. The molecule has 1 aliphatic rings. The van der Waals surface area contributed by atoms with Crippen LogP contribution in [-0.4, -0.2) is 41.2 Å². The van der Waals surface area contributed by atoms with Crippen LogP contribution in [0, 0.1) is 0 Å². The number of aliphatic hydroxyl groups excluding tert-OH is 1. The quantitative estimate of drug-likeness (QED) is 0.767. The Kier molecular flexibility index (Phi) is 5.54. The van der Waals surface area contributed by atoms with Gasteiger partial charge in [0.05, 0.1) is 6.61 Å². The maximum Gasteiger partial charge on any atom is 0.0558 e. The molecule has 1 aromatic rings. The zero-order chi connectivity index (χ0) is 12.8. The van der Waals surface area contributed by atoms with Crippen molar-refractivity contribution in [2.45, 2.75) is 25.8 Å². The number of aryl methyl sites for hydroxylation is 1. The first-order valence-corrected chi connectivity index (χ1v) is 8.02. The number of rotatable bonds is 7. The van der Waals surface area contributed by atoms with E-state index in [1.807, 2.05) is 11.8 Å². The van der Waals surface area contributed by atoms with Gasteiger partial charge in [0.15, 0.2) is 0 Å². The molecular formula is C15H23NOS. The van der Waals surface area contributed by atoms with E-state index in [1.165, 1.54) is 29.7 Å². The molecule has 18 heavy (non-hydrogen) atoms. The van der Waals surface area contributed by atoms with Crippen LogP contribution in [0.4, 0.5) is 0 Å². The summed E-state index contributed by atoms with van der Waals surface area (Å²) in [5.74, 6) is 2.34. The minimum Gasteiger partial charge on any atom is -0.395 e. The summed E-state index contributed by atoms with van der Waals surface area (Å²) >= 11 is 1.98. The summed E-state index contributed by atoms with van der Waals surface area (Å²) in [5.41, 5.74) is 2.97. The van der Waals surface area contributed by atoms with Crippen LogP contribution in [0.1, 0.15) is 30.5 Å². The van der Waals surface area contributed by atoms with E-state index < -0.39 is 0 Å². The van der Waals surface area contributed by atoms with Crippen LogP contribution in [-0.2, 0) is 6.42 Å². The summed E-state index contributed by atoms with van der Waals surface area (Å²) in [6.45, 7) is 4.34. The predicted octanol–water partition coefficient (Wildman–Crippen LogP) is 2.72. The molecule has 3 heteroatoms. The lowest BCUT2D eigenvalue weighted by Gasteiger charge is -2.28. The Labute approximate surface area is 114 Å². The van der Waals surface area contributed by atoms with Gasteiger partial charge in [-0.15, -0.1) is 0 Å². The summed E-state index contributed by atoms with van der Waals surface area (Å²) in [5, 5.41) is 9.25. The normalized spacial score (nSPS) is 18.3. The van der Waals surface area contributed by atoms with E-state index in [9.17, 15) is 5.11 Å². The first-order chi connectivity index (χ1) is 8.86. The molecule has 0 aliphatic heterocycles. The average Bonchev–Trinajstić information content (AvgIpc) is 2.82. The summed E-state index contributed by atoms with van der Waals surface area (Å²) in [4.78, 5) is 2.45. The predicted molar refractivity (Wildman–Crippen MR) is 79.2 cm³/mol. The van der Waals surface area contributed by atoms with E-state index in [0.29, 0.717) is 6.04 Å². The van der Waals surface area contributed by atoms with Gasteiger partial charge < -0.3 is 5.11 Å². The summed E-state index contributed by atoms with van der Waals surface area (Å²) in [6.07, 6.45) is 2.39. The third-order valence-electron chi connectivity index (χ3n) is 3.66. The van der Waals surface area contributed by atoms with Crippen molar-refractivity contribution in [2.24, 2.45) is 0 Å². The molecule has 0 radical (unpaired) electrons. The molecule has 1 aliphatic carbocycles. The lowest BCUT2D eigenvalue weighted by molar-refractivity contribution is 0.158.